The first-order valence-electron chi connectivity index (χ1n) is 7.23. The van der Waals surface area contributed by atoms with Crippen LogP contribution in [-0.2, 0) is 6.54 Å². The van der Waals surface area contributed by atoms with Crippen molar-refractivity contribution >= 4 is 22.6 Å². The molecule has 0 aliphatic rings. The third-order valence-corrected chi connectivity index (χ3v) is 3.59. The molecule has 2 N–H and O–H groups in total. The number of nitrogens with zero attached hydrogens (tertiary/aromatic N) is 1. The Balaban J connectivity index is 2.03. The van der Waals surface area contributed by atoms with E-state index in [-0.39, 0.29) is 5.91 Å². The minimum absolute atomic E-state index is 0.284. The Labute approximate surface area is 131 Å². The number of carbonyl (C=O) groups is 1. The smallest absolute Gasteiger partial charge is 0.316 e. The molecule has 0 saturated carbocycles. The van der Waals surface area contributed by atoms with Crippen LogP contribution < -0.4 is 16.4 Å². The maximum Gasteiger partial charge on any atom is 0.316 e. The quantitative estimate of drug-likeness (QED) is 0.725. The van der Waals surface area contributed by atoms with E-state index in [4.69, 9.17) is 0 Å². The van der Waals surface area contributed by atoms with E-state index in [1.165, 1.54) is 4.57 Å². The van der Waals surface area contributed by atoms with Gasteiger partial charge in [-0.1, -0.05) is 18.2 Å². The molecule has 0 atom stereocenters. The highest BCUT2D eigenvalue weighted by molar-refractivity contribution is 6.05. The zero-order chi connectivity index (χ0) is 16.4. The minimum Gasteiger partial charge on any atom is -0.322 e. The zero-order valence-corrected chi connectivity index (χ0v) is 12.5. The lowest BCUT2D eigenvalue weighted by atomic mass is 10.1. The molecule has 6 heteroatoms. The molecule has 116 valence electrons. The van der Waals surface area contributed by atoms with Crippen LogP contribution in [0, 0.1) is 0 Å². The fraction of sp³-hybridized carbons (Fsp3) is 0.118. The molecule has 0 fully saturated rings. The summed E-state index contributed by atoms with van der Waals surface area (Å²) in [6.07, 6.45) is 0. The molecule has 3 aromatic rings. The number of benzene rings is 2. The summed E-state index contributed by atoms with van der Waals surface area (Å²) in [4.78, 5) is 38.3. The molecule has 0 radical (unpaired) electrons. The highest BCUT2D eigenvalue weighted by Gasteiger charge is 2.10. The molecule has 1 heterocycles. The van der Waals surface area contributed by atoms with Crippen molar-refractivity contribution in [3.63, 3.8) is 0 Å². The summed E-state index contributed by atoms with van der Waals surface area (Å²) >= 11 is 0. The normalized spacial score (nSPS) is 10.7. The number of aryl methyl sites for hydroxylation is 1. The largest absolute Gasteiger partial charge is 0.322 e. The van der Waals surface area contributed by atoms with Crippen LogP contribution in [0.1, 0.15) is 17.3 Å². The highest BCUT2D eigenvalue weighted by atomic mass is 16.2. The molecule has 0 saturated heterocycles. The standard InChI is InChI=1S/C17H15N3O3/c1-2-20-14-9-8-11(10-13(14)19-16(22)17(20)23)15(21)18-12-6-4-3-5-7-12/h3-10H,2H2,1H3,(H,18,21)(H,19,22). The maximum atomic E-state index is 12.3. The van der Waals surface area contributed by atoms with E-state index >= 15 is 0 Å². The summed E-state index contributed by atoms with van der Waals surface area (Å²) in [5.74, 6) is -0.284. The van der Waals surface area contributed by atoms with Gasteiger partial charge in [-0.3, -0.25) is 14.4 Å². The van der Waals surface area contributed by atoms with E-state index in [2.05, 4.69) is 10.3 Å². The SMILES string of the molecule is CCn1c(=O)c(=O)[nH]c2cc(C(=O)Nc3ccccc3)ccc21. The van der Waals surface area contributed by atoms with E-state index in [0.717, 1.165) is 0 Å². The van der Waals surface area contributed by atoms with E-state index in [1.807, 2.05) is 18.2 Å². The highest BCUT2D eigenvalue weighted by Crippen LogP contribution is 2.14. The van der Waals surface area contributed by atoms with Gasteiger partial charge in [0.15, 0.2) is 0 Å². The number of para-hydroxylation sites is 1. The average Bonchev–Trinajstić information content (AvgIpc) is 2.56. The van der Waals surface area contributed by atoms with Gasteiger partial charge in [0.25, 0.3) is 5.91 Å². The Bertz CT molecular complexity index is 987. The van der Waals surface area contributed by atoms with Gasteiger partial charge >= 0.3 is 11.1 Å². The van der Waals surface area contributed by atoms with Crippen LogP contribution in [0.4, 0.5) is 5.69 Å². The molecule has 0 aliphatic heterocycles. The Morgan fingerprint density at radius 1 is 1.13 bits per heavy atom. The van der Waals surface area contributed by atoms with Gasteiger partial charge in [-0.05, 0) is 37.3 Å². The van der Waals surface area contributed by atoms with Gasteiger partial charge in [-0.2, -0.15) is 0 Å². The molecule has 0 spiro atoms. The van der Waals surface area contributed by atoms with Crippen molar-refractivity contribution in [2.75, 3.05) is 5.32 Å². The lowest BCUT2D eigenvalue weighted by molar-refractivity contribution is 0.102. The van der Waals surface area contributed by atoms with E-state index in [9.17, 15) is 14.4 Å². The number of aromatic amines is 1. The molecule has 3 rings (SSSR count). The van der Waals surface area contributed by atoms with Gasteiger partial charge in [-0.25, -0.2) is 0 Å². The predicted octanol–water partition coefficient (Wildman–Crippen LogP) is 1.96. The van der Waals surface area contributed by atoms with Crippen LogP contribution in [0.5, 0.6) is 0 Å². The fourth-order valence-corrected chi connectivity index (χ4v) is 2.46. The van der Waals surface area contributed by atoms with Crippen LogP contribution in [0.3, 0.4) is 0 Å². The van der Waals surface area contributed by atoms with Crippen molar-refractivity contribution in [2.24, 2.45) is 0 Å². The van der Waals surface area contributed by atoms with Crippen LogP contribution in [0.2, 0.25) is 0 Å². The summed E-state index contributed by atoms with van der Waals surface area (Å²) in [5, 5.41) is 2.78. The van der Waals surface area contributed by atoms with Crippen molar-refractivity contribution in [3.05, 3.63) is 74.8 Å². The number of amides is 1. The van der Waals surface area contributed by atoms with Crippen LogP contribution >= 0.6 is 0 Å². The molecule has 1 amide bonds. The van der Waals surface area contributed by atoms with Gasteiger partial charge in [0.2, 0.25) is 0 Å². The molecule has 1 aromatic heterocycles. The third-order valence-electron chi connectivity index (χ3n) is 3.59. The second kappa shape index (κ2) is 5.92. The van der Waals surface area contributed by atoms with Gasteiger partial charge in [-0.15, -0.1) is 0 Å². The fourth-order valence-electron chi connectivity index (χ4n) is 2.46. The Morgan fingerprint density at radius 2 is 1.87 bits per heavy atom. The molecule has 0 bridgehead atoms. The zero-order valence-electron chi connectivity index (χ0n) is 12.5. The number of rotatable bonds is 3. The number of fused-ring (bicyclic) bond motifs is 1. The first-order chi connectivity index (χ1) is 11.1. The van der Waals surface area contributed by atoms with E-state index in [1.54, 1.807) is 37.3 Å². The first-order valence-corrected chi connectivity index (χ1v) is 7.23. The number of carbonyl (C=O) groups excluding carboxylic acids is 1. The van der Waals surface area contributed by atoms with Gasteiger partial charge in [0, 0.05) is 17.8 Å². The van der Waals surface area contributed by atoms with Crippen molar-refractivity contribution in [1.82, 2.24) is 9.55 Å². The number of aromatic nitrogens is 2. The van der Waals surface area contributed by atoms with Crippen LogP contribution in [-0.4, -0.2) is 15.5 Å². The van der Waals surface area contributed by atoms with E-state index < -0.39 is 11.1 Å². The third kappa shape index (κ3) is 2.78. The summed E-state index contributed by atoms with van der Waals surface area (Å²) in [6, 6.07) is 14.0. The van der Waals surface area contributed by atoms with Crippen molar-refractivity contribution in [3.8, 4) is 0 Å². The number of H-pyrrole nitrogens is 1. The Morgan fingerprint density at radius 3 is 2.57 bits per heavy atom. The average molecular weight is 309 g/mol. The Hall–Kier alpha value is -3.15. The molecular formula is C17H15N3O3. The second-order valence-corrected chi connectivity index (χ2v) is 5.06. The summed E-state index contributed by atoms with van der Waals surface area (Å²) in [5.41, 5.74) is 0.843. The first kappa shape index (κ1) is 14.8. The number of hydrogen-bond donors (Lipinski definition) is 2. The minimum atomic E-state index is -0.694. The molecule has 6 nitrogen and oxygen atoms in total. The van der Waals surface area contributed by atoms with Crippen LogP contribution in [0.15, 0.2) is 58.1 Å². The predicted molar refractivity (Wildman–Crippen MR) is 88.9 cm³/mol. The maximum absolute atomic E-state index is 12.3. The number of anilines is 1. The number of hydrogen-bond acceptors (Lipinski definition) is 3. The van der Waals surface area contributed by atoms with Crippen molar-refractivity contribution in [1.29, 1.82) is 0 Å². The lowest BCUT2D eigenvalue weighted by Crippen LogP contribution is -2.36. The van der Waals surface area contributed by atoms with E-state index in [0.29, 0.717) is 28.8 Å². The molecular weight excluding hydrogens is 294 g/mol. The topological polar surface area (TPSA) is 84.0 Å². The monoisotopic (exact) mass is 309 g/mol. The van der Waals surface area contributed by atoms with Gasteiger partial charge in [0.1, 0.15) is 0 Å². The van der Waals surface area contributed by atoms with Gasteiger partial charge < -0.3 is 14.9 Å². The summed E-state index contributed by atoms with van der Waals surface area (Å²) in [6.45, 7) is 2.17. The second-order valence-electron chi connectivity index (χ2n) is 5.06. The van der Waals surface area contributed by atoms with Crippen molar-refractivity contribution in [2.45, 2.75) is 13.5 Å². The lowest BCUT2D eigenvalue weighted by Gasteiger charge is -2.09. The van der Waals surface area contributed by atoms with Crippen molar-refractivity contribution < 1.29 is 4.79 Å². The molecule has 0 unspecified atom stereocenters. The van der Waals surface area contributed by atoms with Crippen LogP contribution in [0.25, 0.3) is 11.0 Å². The molecule has 23 heavy (non-hydrogen) atoms. The summed E-state index contributed by atoms with van der Waals surface area (Å²) in [7, 11) is 0. The molecule has 2 aromatic carbocycles. The summed E-state index contributed by atoms with van der Waals surface area (Å²) < 4.78 is 1.38. The Kier molecular flexibility index (Phi) is 3.80. The number of nitrogens with one attached hydrogen (secondary N) is 2. The molecule has 0 aliphatic carbocycles. The van der Waals surface area contributed by atoms with Gasteiger partial charge in [0.05, 0.1) is 11.0 Å².